The number of carbonyl (C=O) groups excluding carboxylic acids is 2. The van der Waals surface area contributed by atoms with Gasteiger partial charge in [0.2, 0.25) is 0 Å². The third-order valence-corrected chi connectivity index (χ3v) is 5.94. The van der Waals surface area contributed by atoms with Crippen molar-refractivity contribution in [3.8, 4) is 5.75 Å². The predicted octanol–water partition coefficient (Wildman–Crippen LogP) is 3.61. The maximum absolute atomic E-state index is 12.8. The van der Waals surface area contributed by atoms with E-state index in [0.717, 1.165) is 51.6 Å². The molecule has 2 fully saturated rings. The molecule has 1 aromatic rings. The summed E-state index contributed by atoms with van der Waals surface area (Å²) in [5, 5.41) is 2.97. The molecule has 1 aromatic carbocycles. The topological polar surface area (TPSA) is 67.9 Å². The van der Waals surface area contributed by atoms with Gasteiger partial charge in [-0.1, -0.05) is 13.3 Å². The van der Waals surface area contributed by atoms with E-state index in [-0.39, 0.29) is 18.4 Å². The van der Waals surface area contributed by atoms with Crippen molar-refractivity contribution in [2.24, 2.45) is 5.92 Å². The minimum Gasteiger partial charge on any atom is -0.484 e. The number of hydrogen-bond donors (Lipinski definition) is 1. The quantitative estimate of drug-likeness (QED) is 0.808. The molecule has 0 unspecified atom stereocenters. The van der Waals surface area contributed by atoms with Crippen molar-refractivity contribution in [1.29, 1.82) is 0 Å². The number of ether oxygens (including phenoxy) is 2. The normalized spacial score (nSPS) is 25.2. The molecule has 6 nitrogen and oxygen atoms in total. The van der Waals surface area contributed by atoms with Crippen LogP contribution in [0.2, 0.25) is 0 Å². The fraction of sp³-hybridized carbons (Fsp3) is 0.636. The molecular formula is C22H32N2O4. The Labute approximate surface area is 167 Å². The Bertz CT molecular complexity index is 670. The molecule has 154 valence electrons. The number of carbonyl (C=O) groups is 2. The maximum Gasteiger partial charge on any atom is 0.260 e. The van der Waals surface area contributed by atoms with Gasteiger partial charge in [0.25, 0.3) is 11.8 Å². The molecule has 1 saturated heterocycles. The second-order valence-electron chi connectivity index (χ2n) is 8.11. The van der Waals surface area contributed by atoms with Crippen LogP contribution in [0.15, 0.2) is 24.3 Å². The Morgan fingerprint density at radius 2 is 1.86 bits per heavy atom. The van der Waals surface area contributed by atoms with E-state index in [9.17, 15) is 9.59 Å². The highest BCUT2D eigenvalue weighted by Crippen LogP contribution is 2.35. The van der Waals surface area contributed by atoms with E-state index in [2.05, 4.69) is 12.2 Å². The third-order valence-electron chi connectivity index (χ3n) is 5.94. The van der Waals surface area contributed by atoms with Crippen molar-refractivity contribution < 1.29 is 19.1 Å². The number of rotatable bonds is 6. The molecule has 1 aliphatic heterocycles. The molecule has 6 heteroatoms. The van der Waals surface area contributed by atoms with Gasteiger partial charge in [0.1, 0.15) is 11.4 Å². The Morgan fingerprint density at radius 1 is 1.14 bits per heavy atom. The number of nitrogens with one attached hydrogen (secondary N) is 1. The van der Waals surface area contributed by atoms with Crippen LogP contribution in [-0.4, -0.2) is 49.1 Å². The minimum absolute atomic E-state index is 0.0329. The summed E-state index contributed by atoms with van der Waals surface area (Å²) in [6.07, 6.45) is 6.97. The van der Waals surface area contributed by atoms with Gasteiger partial charge in [-0.25, -0.2) is 0 Å². The summed E-state index contributed by atoms with van der Waals surface area (Å²) in [5.41, 5.74) is -0.0393. The van der Waals surface area contributed by atoms with Gasteiger partial charge in [0, 0.05) is 25.9 Å². The van der Waals surface area contributed by atoms with Gasteiger partial charge in [-0.15, -0.1) is 0 Å². The summed E-state index contributed by atoms with van der Waals surface area (Å²) in [7, 11) is 1.62. The van der Waals surface area contributed by atoms with Crippen LogP contribution < -0.4 is 10.1 Å². The van der Waals surface area contributed by atoms with E-state index >= 15 is 0 Å². The average Bonchev–Trinajstić information content (AvgIpc) is 2.73. The lowest BCUT2D eigenvalue weighted by Crippen LogP contribution is -2.47. The molecule has 1 heterocycles. The van der Waals surface area contributed by atoms with E-state index in [0.29, 0.717) is 17.4 Å². The van der Waals surface area contributed by atoms with Gasteiger partial charge in [-0.3, -0.25) is 9.59 Å². The standard InChI is InChI=1S/C22H32N2O4/c1-17-7-6-12-22(15-17,27-2)21(26)23-18-8-10-19(11-9-18)28-16-20(25)24-13-4-3-5-14-24/h8-11,17H,3-7,12-16H2,1-2H3,(H,23,26)/t17-,22-/m1/s1. The van der Waals surface area contributed by atoms with Gasteiger partial charge in [-0.2, -0.15) is 0 Å². The molecule has 2 amide bonds. The van der Waals surface area contributed by atoms with E-state index in [1.807, 2.05) is 4.90 Å². The summed E-state index contributed by atoms with van der Waals surface area (Å²) in [6, 6.07) is 7.16. The first-order chi connectivity index (χ1) is 13.5. The molecule has 1 N–H and O–H groups in total. The first kappa shape index (κ1) is 20.6. The highest BCUT2D eigenvalue weighted by molar-refractivity contribution is 5.97. The number of piperidine rings is 1. The SMILES string of the molecule is CO[C@]1(C(=O)Nc2ccc(OCC(=O)N3CCCCC3)cc2)CCC[C@@H](C)C1. The molecule has 0 radical (unpaired) electrons. The second-order valence-corrected chi connectivity index (χ2v) is 8.11. The monoisotopic (exact) mass is 388 g/mol. The molecule has 0 spiro atoms. The van der Waals surface area contributed by atoms with Crippen LogP contribution >= 0.6 is 0 Å². The lowest BCUT2D eigenvalue weighted by atomic mass is 9.78. The number of benzene rings is 1. The van der Waals surface area contributed by atoms with Gasteiger partial charge in [0.05, 0.1) is 0 Å². The van der Waals surface area contributed by atoms with Crippen LogP contribution in [0.1, 0.15) is 51.9 Å². The van der Waals surface area contributed by atoms with Gasteiger partial charge in [-0.05, 0) is 68.7 Å². The molecule has 2 aliphatic rings. The number of nitrogens with zero attached hydrogens (tertiary/aromatic N) is 1. The van der Waals surface area contributed by atoms with Crippen molar-refractivity contribution in [2.75, 3.05) is 32.1 Å². The summed E-state index contributed by atoms with van der Waals surface area (Å²) in [6.45, 7) is 3.87. The zero-order valence-electron chi connectivity index (χ0n) is 17.0. The van der Waals surface area contributed by atoms with Gasteiger partial charge in [0.15, 0.2) is 6.61 Å². The fourth-order valence-electron chi connectivity index (χ4n) is 4.25. The lowest BCUT2D eigenvalue weighted by Gasteiger charge is -2.37. The zero-order valence-corrected chi connectivity index (χ0v) is 17.0. The maximum atomic E-state index is 12.8. The first-order valence-corrected chi connectivity index (χ1v) is 10.4. The molecule has 28 heavy (non-hydrogen) atoms. The molecule has 1 saturated carbocycles. The minimum atomic E-state index is -0.742. The van der Waals surface area contributed by atoms with Gasteiger partial charge < -0.3 is 19.7 Å². The van der Waals surface area contributed by atoms with E-state index in [1.165, 1.54) is 6.42 Å². The van der Waals surface area contributed by atoms with Crippen LogP contribution in [0.5, 0.6) is 5.75 Å². The fourth-order valence-corrected chi connectivity index (χ4v) is 4.25. The molecule has 2 atom stereocenters. The predicted molar refractivity (Wildman–Crippen MR) is 108 cm³/mol. The number of amides is 2. The zero-order chi connectivity index (χ0) is 20.0. The Hall–Kier alpha value is -2.08. The van der Waals surface area contributed by atoms with Crippen LogP contribution in [0, 0.1) is 5.92 Å². The molecule has 0 bridgehead atoms. The van der Waals surface area contributed by atoms with Crippen LogP contribution in [0.3, 0.4) is 0 Å². The summed E-state index contributed by atoms with van der Waals surface area (Å²) in [5.74, 6) is 1.05. The third kappa shape index (κ3) is 5.04. The molecule has 1 aliphatic carbocycles. The second kappa shape index (κ2) is 9.41. The van der Waals surface area contributed by atoms with Crippen molar-refractivity contribution in [1.82, 2.24) is 4.90 Å². The van der Waals surface area contributed by atoms with E-state index < -0.39 is 5.60 Å². The Balaban J connectivity index is 1.52. The highest BCUT2D eigenvalue weighted by atomic mass is 16.5. The van der Waals surface area contributed by atoms with Crippen molar-refractivity contribution in [3.05, 3.63) is 24.3 Å². The summed E-state index contributed by atoms with van der Waals surface area (Å²) >= 11 is 0. The van der Waals surface area contributed by atoms with Crippen LogP contribution in [-0.2, 0) is 14.3 Å². The molecular weight excluding hydrogens is 356 g/mol. The van der Waals surface area contributed by atoms with Crippen LogP contribution in [0.25, 0.3) is 0 Å². The van der Waals surface area contributed by atoms with Crippen LogP contribution in [0.4, 0.5) is 5.69 Å². The van der Waals surface area contributed by atoms with Crippen molar-refractivity contribution in [3.63, 3.8) is 0 Å². The molecule has 3 rings (SSSR count). The lowest BCUT2D eigenvalue weighted by molar-refractivity contribution is -0.143. The highest BCUT2D eigenvalue weighted by Gasteiger charge is 2.41. The van der Waals surface area contributed by atoms with Crippen molar-refractivity contribution in [2.45, 2.75) is 57.5 Å². The van der Waals surface area contributed by atoms with E-state index in [4.69, 9.17) is 9.47 Å². The van der Waals surface area contributed by atoms with E-state index in [1.54, 1.807) is 31.4 Å². The number of hydrogen-bond acceptors (Lipinski definition) is 4. The largest absolute Gasteiger partial charge is 0.484 e. The summed E-state index contributed by atoms with van der Waals surface area (Å²) in [4.78, 5) is 26.9. The summed E-state index contributed by atoms with van der Waals surface area (Å²) < 4.78 is 11.3. The van der Waals surface area contributed by atoms with Gasteiger partial charge >= 0.3 is 0 Å². The first-order valence-electron chi connectivity index (χ1n) is 10.4. The number of likely N-dealkylation sites (tertiary alicyclic amines) is 1. The number of methoxy groups -OCH3 is 1. The smallest absolute Gasteiger partial charge is 0.260 e. The Morgan fingerprint density at radius 3 is 2.50 bits per heavy atom. The number of anilines is 1. The molecule has 0 aromatic heterocycles. The average molecular weight is 389 g/mol. The van der Waals surface area contributed by atoms with Crippen molar-refractivity contribution >= 4 is 17.5 Å². The Kier molecular flexibility index (Phi) is 6.94.